The number of hydrogen-bond donors (Lipinski definition) is 1. The summed E-state index contributed by atoms with van der Waals surface area (Å²) in [5.74, 6) is 5.29. The minimum Gasteiger partial charge on any atom is -0.376 e. The molecule has 2 aliphatic heterocycles. The maximum absolute atomic E-state index is 5.60. The van der Waals surface area contributed by atoms with Gasteiger partial charge in [0.1, 0.15) is 0 Å². The van der Waals surface area contributed by atoms with Crippen LogP contribution in [0, 0.1) is 12.3 Å². The summed E-state index contributed by atoms with van der Waals surface area (Å²) in [6.45, 7) is 0.879. The zero-order chi connectivity index (χ0) is 9.80. The van der Waals surface area contributed by atoms with Crippen molar-refractivity contribution in [2.24, 2.45) is 0 Å². The summed E-state index contributed by atoms with van der Waals surface area (Å²) in [6.07, 6.45) is 9.30. The van der Waals surface area contributed by atoms with Gasteiger partial charge in [-0.15, -0.1) is 6.42 Å². The van der Waals surface area contributed by atoms with Gasteiger partial charge in [0.15, 0.2) is 0 Å². The smallest absolute Gasteiger partial charge is 0.0955 e. The SMILES string of the molecule is C#C[C@H](N[C@H]1CCSC1)[C@@H]1CCCO1. The van der Waals surface area contributed by atoms with E-state index in [4.69, 9.17) is 11.2 Å². The van der Waals surface area contributed by atoms with Crippen molar-refractivity contribution in [3.05, 3.63) is 0 Å². The molecule has 2 heterocycles. The summed E-state index contributed by atoms with van der Waals surface area (Å²) in [5, 5.41) is 3.53. The molecular formula is C11H17NOS. The standard InChI is InChI=1S/C11H17NOS/c1-2-10(11-4-3-6-13-11)12-9-5-7-14-8-9/h1,9-12H,3-8H2/t9-,10-,11-/m0/s1. The molecule has 0 aromatic heterocycles. The van der Waals surface area contributed by atoms with Crippen LogP contribution in [0.2, 0.25) is 0 Å². The Morgan fingerprint density at radius 3 is 3.00 bits per heavy atom. The zero-order valence-corrected chi connectivity index (χ0v) is 9.19. The van der Waals surface area contributed by atoms with E-state index >= 15 is 0 Å². The third-order valence-electron chi connectivity index (χ3n) is 2.86. The van der Waals surface area contributed by atoms with E-state index in [1.165, 1.54) is 17.9 Å². The van der Waals surface area contributed by atoms with Gasteiger partial charge < -0.3 is 4.74 Å². The fraction of sp³-hybridized carbons (Fsp3) is 0.818. The third-order valence-corrected chi connectivity index (χ3v) is 4.02. The molecule has 0 saturated carbocycles. The Labute approximate surface area is 90.2 Å². The molecule has 2 fully saturated rings. The third kappa shape index (κ3) is 2.44. The van der Waals surface area contributed by atoms with Crippen LogP contribution < -0.4 is 5.32 Å². The number of terminal acetylenes is 1. The van der Waals surface area contributed by atoms with Gasteiger partial charge in [0.25, 0.3) is 0 Å². The van der Waals surface area contributed by atoms with Gasteiger partial charge in [0.05, 0.1) is 12.1 Å². The molecule has 2 saturated heterocycles. The van der Waals surface area contributed by atoms with E-state index in [9.17, 15) is 0 Å². The van der Waals surface area contributed by atoms with Crippen LogP contribution in [0.15, 0.2) is 0 Å². The molecule has 0 aromatic rings. The Morgan fingerprint density at radius 2 is 2.43 bits per heavy atom. The fourth-order valence-corrected chi connectivity index (χ4v) is 3.21. The molecule has 3 atom stereocenters. The summed E-state index contributed by atoms with van der Waals surface area (Å²) < 4.78 is 5.60. The summed E-state index contributed by atoms with van der Waals surface area (Å²) in [5.41, 5.74) is 0. The lowest BCUT2D eigenvalue weighted by Gasteiger charge is -2.22. The first-order valence-electron chi connectivity index (χ1n) is 5.31. The first-order chi connectivity index (χ1) is 6.90. The van der Waals surface area contributed by atoms with Crippen molar-refractivity contribution in [1.29, 1.82) is 0 Å². The minimum absolute atomic E-state index is 0.126. The van der Waals surface area contributed by atoms with Gasteiger partial charge in [-0.1, -0.05) is 5.92 Å². The van der Waals surface area contributed by atoms with Crippen LogP contribution in [0.5, 0.6) is 0 Å². The maximum Gasteiger partial charge on any atom is 0.0955 e. The lowest BCUT2D eigenvalue weighted by molar-refractivity contribution is 0.0912. The Kier molecular flexibility index (Phi) is 3.74. The molecule has 1 N–H and O–H groups in total. The highest BCUT2D eigenvalue weighted by molar-refractivity contribution is 7.99. The van der Waals surface area contributed by atoms with E-state index in [1.807, 2.05) is 11.8 Å². The monoisotopic (exact) mass is 211 g/mol. The number of hydrogen-bond acceptors (Lipinski definition) is 3. The van der Waals surface area contributed by atoms with Crippen LogP contribution in [-0.2, 0) is 4.74 Å². The lowest BCUT2D eigenvalue weighted by Crippen LogP contribution is -2.44. The summed E-state index contributed by atoms with van der Waals surface area (Å²) in [6, 6.07) is 0.728. The number of ether oxygens (including phenoxy) is 1. The molecule has 0 amide bonds. The predicted molar refractivity (Wildman–Crippen MR) is 60.5 cm³/mol. The van der Waals surface area contributed by atoms with Crippen LogP contribution in [0.25, 0.3) is 0 Å². The average Bonchev–Trinajstić information content (AvgIpc) is 2.86. The van der Waals surface area contributed by atoms with E-state index in [-0.39, 0.29) is 12.1 Å². The van der Waals surface area contributed by atoms with Gasteiger partial charge in [-0.25, -0.2) is 0 Å². The summed E-state index contributed by atoms with van der Waals surface area (Å²) in [7, 11) is 0. The van der Waals surface area contributed by atoms with Crippen molar-refractivity contribution in [1.82, 2.24) is 5.32 Å². The molecule has 2 aliphatic rings. The van der Waals surface area contributed by atoms with Crippen molar-refractivity contribution >= 4 is 11.8 Å². The minimum atomic E-state index is 0.126. The predicted octanol–water partition coefficient (Wildman–Crippen LogP) is 1.26. The molecule has 0 aliphatic carbocycles. The molecule has 0 aromatic carbocycles. The number of thioether (sulfide) groups is 1. The molecule has 14 heavy (non-hydrogen) atoms. The van der Waals surface area contributed by atoms with E-state index in [1.54, 1.807) is 0 Å². The highest BCUT2D eigenvalue weighted by Gasteiger charge is 2.27. The number of nitrogens with one attached hydrogen (secondary N) is 1. The highest BCUT2D eigenvalue weighted by atomic mass is 32.2. The van der Waals surface area contributed by atoms with Crippen molar-refractivity contribution in [2.75, 3.05) is 18.1 Å². The molecule has 78 valence electrons. The van der Waals surface area contributed by atoms with Crippen LogP contribution in [0.1, 0.15) is 19.3 Å². The Bertz CT molecular complexity index is 214. The van der Waals surface area contributed by atoms with E-state index < -0.39 is 0 Å². The van der Waals surface area contributed by atoms with Gasteiger partial charge in [0.2, 0.25) is 0 Å². The number of rotatable bonds is 3. The second kappa shape index (κ2) is 5.06. The second-order valence-electron chi connectivity index (χ2n) is 3.92. The molecule has 0 bridgehead atoms. The molecule has 3 heteroatoms. The molecule has 2 rings (SSSR count). The first-order valence-corrected chi connectivity index (χ1v) is 6.47. The summed E-state index contributed by atoms with van der Waals surface area (Å²) >= 11 is 2.01. The largest absolute Gasteiger partial charge is 0.376 e. The quantitative estimate of drug-likeness (QED) is 0.710. The molecule has 0 radical (unpaired) electrons. The van der Waals surface area contributed by atoms with Crippen molar-refractivity contribution in [2.45, 2.75) is 37.5 Å². The first kappa shape index (κ1) is 10.4. The molecule has 0 spiro atoms. The normalized spacial score (nSPS) is 34.2. The molecule has 0 unspecified atom stereocenters. The highest BCUT2D eigenvalue weighted by Crippen LogP contribution is 2.20. The summed E-state index contributed by atoms with van der Waals surface area (Å²) in [4.78, 5) is 0. The van der Waals surface area contributed by atoms with Gasteiger partial charge >= 0.3 is 0 Å². The van der Waals surface area contributed by atoms with Crippen LogP contribution in [-0.4, -0.2) is 36.3 Å². The maximum atomic E-state index is 5.60. The Morgan fingerprint density at radius 1 is 1.50 bits per heavy atom. The second-order valence-corrected chi connectivity index (χ2v) is 5.07. The fourth-order valence-electron chi connectivity index (χ4n) is 2.05. The zero-order valence-electron chi connectivity index (χ0n) is 8.37. The van der Waals surface area contributed by atoms with Gasteiger partial charge in [-0.3, -0.25) is 5.32 Å². The Hall–Kier alpha value is -0.170. The Balaban J connectivity index is 1.83. The topological polar surface area (TPSA) is 21.3 Å². The van der Waals surface area contributed by atoms with Gasteiger partial charge in [-0.05, 0) is 25.0 Å². The van der Waals surface area contributed by atoms with Crippen molar-refractivity contribution < 1.29 is 4.74 Å². The molecule has 2 nitrogen and oxygen atoms in total. The molecular weight excluding hydrogens is 194 g/mol. The van der Waals surface area contributed by atoms with Gasteiger partial charge in [0, 0.05) is 18.4 Å². The van der Waals surface area contributed by atoms with E-state index in [2.05, 4.69) is 11.2 Å². The van der Waals surface area contributed by atoms with Crippen LogP contribution in [0.4, 0.5) is 0 Å². The van der Waals surface area contributed by atoms with Crippen LogP contribution in [0.3, 0.4) is 0 Å². The van der Waals surface area contributed by atoms with E-state index in [0.717, 1.165) is 19.4 Å². The van der Waals surface area contributed by atoms with Gasteiger partial charge in [-0.2, -0.15) is 11.8 Å². The average molecular weight is 211 g/mol. The van der Waals surface area contributed by atoms with Crippen molar-refractivity contribution in [3.8, 4) is 12.3 Å². The van der Waals surface area contributed by atoms with Crippen molar-refractivity contribution in [3.63, 3.8) is 0 Å². The lowest BCUT2D eigenvalue weighted by atomic mass is 10.1. The van der Waals surface area contributed by atoms with E-state index in [0.29, 0.717) is 6.04 Å². The van der Waals surface area contributed by atoms with Crippen LogP contribution >= 0.6 is 11.8 Å².